The highest BCUT2D eigenvalue weighted by Crippen LogP contribution is 2.36. The van der Waals surface area contributed by atoms with E-state index in [1.165, 1.54) is 11.3 Å². The summed E-state index contributed by atoms with van der Waals surface area (Å²) in [7, 11) is 3.92. The molecule has 0 spiro atoms. The van der Waals surface area contributed by atoms with E-state index >= 15 is 0 Å². The number of fused-ring (bicyclic) bond motifs is 1. The van der Waals surface area contributed by atoms with Gasteiger partial charge in [0.1, 0.15) is 5.75 Å². The van der Waals surface area contributed by atoms with E-state index in [9.17, 15) is 0 Å². The normalized spacial score (nSPS) is 14.5. The Morgan fingerprint density at radius 1 is 0.886 bits per heavy atom. The van der Waals surface area contributed by atoms with Gasteiger partial charge >= 0.3 is 0 Å². The summed E-state index contributed by atoms with van der Waals surface area (Å²) in [6.45, 7) is 8.79. The number of benzene rings is 3. The van der Waals surface area contributed by atoms with E-state index in [1.807, 2.05) is 12.3 Å². The molecule has 0 unspecified atom stereocenters. The van der Waals surface area contributed by atoms with Crippen molar-refractivity contribution in [1.29, 1.82) is 0 Å². The molecule has 0 aliphatic carbocycles. The number of likely N-dealkylation sites (N-methyl/N-ethyl adjacent to an activating group) is 1. The first-order valence-electron chi connectivity index (χ1n) is 12.4. The van der Waals surface area contributed by atoms with E-state index in [2.05, 4.69) is 102 Å². The fraction of sp³-hybridized carbons (Fsp3) is 0.300. The minimum atomic E-state index is 0.452. The average Bonchev–Trinajstić information content (AvgIpc) is 2.89. The predicted molar refractivity (Wildman–Crippen MR) is 147 cm³/mol. The van der Waals surface area contributed by atoms with Crippen molar-refractivity contribution in [3.63, 3.8) is 0 Å². The number of anilines is 3. The summed E-state index contributed by atoms with van der Waals surface area (Å²) in [5.74, 6) is 1.33. The van der Waals surface area contributed by atoms with Gasteiger partial charge in [-0.25, -0.2) is 0 Å². The number of aromatic nitrogens is 1. The lowest BCUT2D eigenvalue weighted by Crippen LogP contribution is -2.44. The van der Waals surface area contributed by atoms with Crippen LogP contribution in [0.5, 0.6) is 5.75 Å². The molecule has 5 heteroatoms. The van der Waals surface area contributed by atoms with Crippen molar-refractivity contribution in [2.75, 3.05) is 50.6 Å². The zero-order valence-electron chi connectivity index (χ0n) is 21.1. The molecule has 4 aromatic rings. The number of hydrogen-bond donors (Lipinski definition) is 1. The van der Waals surface area contributed by atoms with Gasteiger partial charge in [0, 0.05) is 60.4 Å². The van der Waals surface area contributed by atoms with Crippen LogP contribution in [0, 0.1) is 0 Å². The predicted octanol–water partition coefficient (Wildman–Crippen LogP) is 6.53. The van der Waals surface area contributed by atoms with Crippen molar-refractivity contribution >= 4 is 28.0 Å². The van der Waals surface area contributed by atoms with Crippen molar-refractivity contribution in [2.45, 2.75) is 19.8 Å². The highest BCUT2D eigenvalue weighted by atomic mass is 16.5. The summed E-state index contributed by atoms with van der Waals surface area (Å²) in [6, 6.07) is 23.7. The quantitative estimate of drug-likeness (QED) is 0.350. The zero-order valence-corrected chi connectivity index (χ0v) is 21.1. The van der Waals surface area contributed by atoms with Crippen molar-refractivity contribution < 1.29 is 4.74 Å². The Kier molecular flexibility index (Phi) is 6.60. The number of methoxy groups -OCH3 is 1. The molecule has 0 saturated carbocycles. The largest absolute Gasteiger partial charge is 0.496 e. The lowest BCUT2D eigenvalue weighted by Gasteiger charge is -2.34. The van der Waals surface area contributed by atoms with E-state index in [0.29, 0.717) is 5.92 Å². The smallest absolute Gasteiger partial charge is 0.126 e. The Morgan fingerprint density at radius 3 is 2.37 bits per heavy atom. The van der Waals surface area contributed by atoms with Crippen LogP contribution in [0.3, 0.4) is 0 Å². The number of nitrogens with zero attached hydrogens (tertiary/aromatic N) is 3. The van der Waals surface area contributed by atoms with Gasteiger partial charge in [-0.2, -0.15) is 0 Å². The molecule has 180 valence electrons. The maximum absolute atomic E-state index is 5.70. The molecule has 0 amide bonds. The van der Waals surface area contributed by atoms with Gasteiger partial charge in [0.05, 0.1) is 12.6 Å². The second-order valence-corrected chi connectivity index (χ2v) is 9.67. The minimum absolute atomic E-state index is 0.452. The van der Waals surface area contributed by atoms with E-state index in [4.69, 9.17) is 4.74 Å². The molecule has 1 saturated heterocycles. The van der Waals surface area contributed by atoms with Gasteiger partial charge < -0.3 is 19.9 Å². The second kappa shape index (κ2) is 9.96. The third-order valence-electron chi connectivity index (χ3n) is 6.96. The molecule has 5 rings (SSSR count). The number of ether oxygens (including phenoxy) is 1. The van der Waals surface area contributed by atoms with Gasteiger partial charge in [0.2, 0.25) is 0 Å². The van der Waals surface area contributed by atoms with Gasteiger partial charge in [-0.1, -0.05) is 26.0 Å². The van der Waals surface area contributed by atoms with Crippen LogP contribution < -0.4 is 15.0 Å². The number of rotatable bonds is 6. The van der Waals surface area contributed by atoms with Crippen molar-refractivity contribution in [3.8, 4) is 16.9 Å². The van der Waals surface area contributed by atoms with Crippen molar-refractivity contribution in [2.24, 2.45) is 0 Å². The first-order chi connectivity index (χ1) is 17.0. The van der Waals surface area contributed by atoms with E-state index < -0.39 is 0 Å². The van der Waals surface area contributed by atoms with Crippen LogP contribution in [0.2, 0.25) is 0 Å². The highest BCUT2D eigenvalue weighted by Gasteiger charge is 2.15. The Bertz CT molecular complexity index is 1310. The van der Waals surface area contributed by atoms with E-state index in [0.717, 1.165) is 65.3 Å². The van der Waals surface area contributed by atoms with Gasteiger partial charge in [-0.3, -0.25) is 4.98 Å². The standard InChI is InChI=1S/C30H34N4O/c1-21(2)22-6-12-30(35-4)26(19-22)23-5-11-28-27(20-23)29(13-14-31-28)32-24-7-9-25(10-8-24)34-17-15-33(3)16-18-34/h5-14,19-21H,15-18H2,1-4H3,(H,31,32). The number of nitrogens with one attached hydrogen (secondary N) is 1. The number of hydrogen-bond acceptors (Lipinski definition) is 5. The summed E-state index contributed by atoms with van der Waals surface area (Å²) in [5, 5.41) is 4.71. The summed E-state index contributed by atoms with van der Waals surface area (Å²) in [4.78, 5) is 9.44. The summed E-state index contributed by atoms with van der Waals surface area (Å²) in [6.07, 6.45) is 1.86. The Labute approximate surface area is 208 Å². The molecular formula is C30H34N4O. The monoisotopic (exact) mass is 466 g/mol. The van der Waals surface area contributed by atoms with Crippen LogP contribution in [0.1, 0.15) is 25.3 Å². The van der Waals surface area contributed by atoms with Gasteiger partial charge in [0.25, 0.3) is 0 Å². The number of pyridine rings is 1. The van der Waals surface area contributed by atoms with E-state index in [-0.39, 0.29) is 0 Å². The molecule has 1 aliphatic rings. The molecule has 2 heterocycles. The molecule has 1 aromatic heterocycles. The maximum Gasteiger partial charge on any atom is 0.126 e. The topological polar surface area (TPSA) is 40.6 Å². The fourth-order valence-corrected chi connectivity index (χ4v) is 4.71. The molecule has 1 N–H and O–H groups in total. The molecule has 0 atom stereocenters. The van der Waals surface area contributed by atoms with Crippen molar-refractivity contribution in [1.82, 2.24) is 9.88 Å². The molecule has 1 aliphatic heterocycles. The first kappa shape index (κ1) is 23.2. The first-order valence-corrected chi connectivity index (χ1v) is 12.4. The van der Waals surface area contributed by atoms with Gasteiger partial charge in [0.15, 0.2) is 0 Å². The third-order valence-corrected chi connectivity index (χ3v) is 6.96. The Balaban J connectivity index is 1.45. The van der Waals surface area contributed by atoms with Crippen LogP contribution >= 0.6 is 0 Å². The molecular weight excluding hydrogens is 432 g/mol. The highest BCUT2D eigenvalue weighted by molar-refractivity contribution is 5.96. The van der Waals surface area contributed by atoms with E-state index in [1.54, 1.807) is 7.11 Å². The number of piperazine rings is 1. The van der Waals surface area contributed by atoms with Gasteiger partial charge in [-0.05, 0) is 78.7 Å². The lowest BCUT2D eigenvalue weighted by molar-refractivity contribution is 0.313. The molecule has 1 fully saturated rings. The molecule has 0 bridgehead atoms. The lowest BCUT2D eigenvalue weighted by atomic mass is 9.95. The summed E-state index contributed by atoms with van der Waals surface area (Å²) in [5.41, 5.74) is 7.88. The van der Waals surface area contributed by atoms with Crippen LogP contribution in [-0.4, -0.2) is 50.2 Å². The summed E-state index contributed by atoms with van der Waals surface area (Å²) >= 11 is 0. The average molecular weight is 467 g/mol. The van der Waals surface area contributed by atoms with Crippen molar-refractivity contribution in [3.05, 3.63) is 78.5 Å². The molecule has 5 nitrogen and oxygen atoms in total. The van der Waals surface area contributed by atoms with Crippen LogP contribution in [0.15, 0.2) is 72.9 Å². The summed E-state index contributed by atoms with van der Waals surface area (Å²) < 4.78 is 5.70. The van der Waals surface area contributed by atoms with Crippen LogP contribution in [-0.2, 0) is 0 Å². The zero-order chi connectivity index (χ0) is 24.4. The van der Waals surface area contributed by atoms with Gasteiger partial charge in [-0.15, -0.1) is 0 Å². The Morgan fingerprint density at radius 2 is 1.66 bits per heavy atom. The van der Waals surface area contributed by atoms with Crippen LogP contribution in [0.25, 0.3) is 22.0 Å². The third kappa shape index (κ3) is 4.96. The SMILES string of the molecule is COc1ccc(C(C)C)cc1-c1ccc2nccc(Nc3ccc(N4CCN(C)CC4)cc3)c2c1. The fourth-order valence-electron chi connectivity index (χ4n) is 4.71. The second-order valence-electron chi connectivity index (χ2n) is 9.67. The molecule has 35 heavy (non-hydrogen) atoms. The maximum atomic E-state index is 5.70. The minimum Gasteiger partial charge on any atom is -0.496 e. The molecule has 3 aromatic carbocycles. The van der Waals surface area contributed by atoms with Crippen LogP contribution in [0.4, 0.5) is 17.1 Å². The Hall–Kier alpha value is -3.57. The molecule has 0 radical (unpaired) electrons.